The zero-order chi connectivity index (χ0) is 16.1. The van der Waals surface area contributed by atoms with Crippen molar-refractivity contribution in [3.8, 4) is 0 Å². The molecule has 2 fully saturated rings. The van der Waals surface area contributed by atoms with Crippen LogP contribution in [0.4, 0.5) is 0 Å². The molecule has 2 aliphatic heterocycles. The van der Waals surface area contributed by atoms with Crippen LogP contribution in [0.15, 0.2) is 16.8 Å². The van der Waals surface area contributed by atoms with E-state index in [1.807, 2.05) is 21.7 Å². The van der Waals surface area contributed by atoms with Crippen LogP contribution >= 0.6 is 11.3 Å². The van der Waals surface area contributed by atoms with E-state index < -0.39 is 0 Å². The molecular weight excluding hydrogens is 314 g/mol. The number of hydrogen-bond donors (Lipinski definition) is 1. The number of thiophene rings is 1. The number of rotatable bonds is 6. The van der Waals surface area contributed by atoms with E-state index in [0.717, 1.165) is 45.0 Å². The molecule has 0 aliphatic carbocycles. The van der Waals surface area contributed by atoms with E-state index in [0.29, 0.717) is 19.4 Å². The Kier molecular flexibility index (Phi) is 5.64. The van der Waals surface area contributed by atoms with Gasteiger partial charge in [0.2, 0.25) is 11.8 Å². The number of ether oxygens (including phenoxy) is 1. The molecule has 3 heterocycles. The fourth-order valence-electron chi connectivity index (χ4n) is 3.03. The first-order valence-corrected chi connectivity index (χ1v) is 9.03. The SMILES string of the molecule is O=C(Cc1ccsc1)NC1CC(=O)N(CCN2CCOCC2)C1. The molecule has 0 saturated carbocycles. The number of amides is 2. The van der Waals surface area contributed by atoms with Gasteiger partial charge in [0.25, 0.3) is 0 Å². The highest BCUT2D eigenvalue weighted by Gasteiger charge is 2.30. The minimum atomic E-state index is -0.0571. The highest BCUT2D eigenvalue weighted by atomic mass is 32.1. The zero-order valence-electron chi connectivity index (χ0n) is 13.2. The summed E-state index contributed by atoms with van der Waals surface area (Å²) in [6.07, 6.45) is 0.806. The van der Waals surface area contributed by atoms with Crippen LogP contribution in [-0.4, -0.2) is 73.6 Å². The van der Waals surface area contributed by atoms with Crippen LogP contribution in [0, 0.1) is 0 Å². The zero-order valence-corrected chi connectivity index (χ0v) is 14.0. The summed E-state index contributed by atoms with van der Waals surface area (Å²) in [6.45, 7) is 5.65. The second-order valence-electron chi connectivity index (χ2n) is 6.07. The summed E-state index contributed by atoms with van der Waals surface area (Å²) in [5.41, 5.74) is 1.03. The lowest BCUT2D eigenvalue weighted by Crippen LogP contribution is -2.43. The Hall–Kier alpha value is -1.44. The monoisotopic (exact) mass is 337 g/mol. The van der Waals surface area contributed by atoms with E-state index in [1.54, 1.807) is 11.3 Å². The van der Waals surface area contributed by atoms with Gasteiger partial charge >= 0.3 is 0 Å². The first-order valence-electron chi connectivity index (χ1n) is 8.09. The van der Waals surface area contributed by atoms with Crippen molar-refractivity contribution in [1.29, 1.82) is 0 Å². The Morgan fingerprint density at radius 1 is 1.35 bits per heavy atom. The van der Waals surface area contributed by atoms with E-state index in [9.17, 15) is 9.59 Å². The van der Waals surface area contributed by atoms with Gasteiger partial charge in [-0.1, -0.05) is 0 Å². The number of carbonyl (C=O) groups excluding carboxylic acids is 2. The Labute approximate surface area is 140 Å². The normalized spacial score (nSPS) is 22.5. The molecule has 23 heavy (non-hydrogen) atoms. The summed E-state index contributed by atoms with van der Waals surface area (Å²) in [4.78, 5) is 28.3. The maximum atomic E-state index is 12.1. The Balaban J connectivity index is 1.40. The molecule has 2 aliphatic rings. The van der Waals surface area contributed by atoms with Gasteiger partial charge < -0.3 is 15.0 Å². The number of nitrogens with zero attached hydrogens (tertiary/aromatic N) is 2. The number of carbonyl (C=O) groups is 2. The Morgan fingerprint density at radius 3 is 2.91 bits per heavy atom. The summed E-state index contributed by atoms with van der Waals surface area (Å²) in [7, 11) is 0. The van der Waals surface area contributed by atoms with Crippen molar-refractivity contribution in [3.63, 3.8) is 0 Å². The first-order chi connectivity index (χ1) is 11.2. The van der Waals surface area contributed by atoms with Crippen LogP contribution in [0.1, 0.15) is 12.0 Å². The largest absolute Gasteiger partial charge is 0.379 e. The number of morpholine rings is 1. The Bertz CT molecular complexity index is 529. The lowest BCUT2D eigenvalue weighted by Gasteiger charge is -2.28. The number of nitrogens with one attached hydrogen (secondary N) is 1. The highest BCUT2D eigenvalue weighted by Crippen LogP contribution is 2.12. The number of hydrogen-bond acceptors (Lipinski definition) is 5. The van der Waals surface area contributed by atoms with Gasteiger partial charge in [0, 0.05) is 39.1 Å². The quantitative estimate of drug-likeness (QED) is 0.813. The second-order valence-corrected chi connectivity index (χ2v) is 6.85. The standard InChI is InChI=1S/C16H23N3O3S/c20-15(9-13-1-8-23-12-13)17-14-10-16(21)19(11-14)3-2-18-4-6-22-7-5-18/h1,8,12,14H,2-7,9-11H2,(H,17,20). The number of likely N-dealkylation sites (tertiary alicyclic amines) is 1. The van der Waals surface area contributed by atoms with Crippen molar-refractivity contribution >= 4 is 23.2 Å². The highest BCUT2D eigenvalue weighted by molar-refractivity contribution is 7.07. The molecular formula is C16H23N3O3S. The van der Waals surface area contributed by atoms with Gasteiger partial charge in [-0.25, -0.2) is 0 Å². The third kappa shape index (κ3) is 4.76. The molecule has 0 bridgehead atoms. The summed E-state index contributed by atoms with van der Waals surface area (Å²) >= 11 is 1.59. The fourth-order valence-corrected chi connectivity index (χ4v) is 3.70. The van der Waals surface area contributed by atoms with Gasteiger partial charge in [0.1, 0.15) is 0 Å². The molecule has 1 atom stereocenters. The molecule has 1 N–H and O–H groups in total. The van der Waals surface area contributed by atoms with Gasteiger partial charge in [0.05, 0.1) is 25.7 Å². The van der Waals surface area contributed by atoms with Crippen molar-refractivity contribution in [2.24, 2.45) is 0 Å². The topological polar surface area (TPSA) is 61.9 Å². The fraction of sp³-hybridized carbons (Fsp3) is 0.625. The van der Waals surface area contributed by atoms with Crippen LogP contribution in [0.25, 0.3) is 0 Å². The minimum absolute atomic E-state index is 0.00349. The lowest BCUT2D eigenvalue weighted by atomic mass is 10.2. The van der Waals surface area contributed by atoms with E-state index >= 15 is 0 Å². The predicted molar refractivity (Wildman–Crippen MR) is 88.4 cm³/mol. The average Bonchev–Trinajstić information content (AvgIpc) is 3.16. The molecule has 6 nitrogen and oxygen atoms in total. The minimum Gasteiger partial charge on any atom is -0.379 e. The average molecular weight is 337 g/mol. The summed E-state index contributed by atoms with van der Waals surface area (Å²) < 4.78 is 5.33. The molecule has 0 aromatic carbocycles. The summed E-state index contributed by atoms with van der Waals surface area (Å²) in [5, 5.41) is 6.93. The van der Waals surface area contributed by atoms with Gasteiger partial charge in [-0.15, -0.1) is 0 Å². The molecule has 126 valence electrons. The van der Waals surface area contributed by atoms with Crippen LogP contribution < -0.4 is 5.32 Å². The van der Waals surface area contributed by atoms with Crippen LogP contribution in [0.2, 0.25) is 0 Å². The summed E-state index contributed by atoms with van der Waals surface area (Å²) in [6, 6.07) is 1.90. The van der Waals surface area contributed by atoms with Gasteiger partial charge in [0.15, 0.2) is 0 Å². The molecule has 2 saturated heterocycles. The second kappa shape index (κ2) is 7.90. The maximum absolute atomic E-state index is 12.1. The Morgan fingerprint density at radius 2 is 2.17 bits per heavy atom. The van der Waals surface area contributed by atoms with E-state index in [-0.39, 0.29) is 17.9 Å². The van der Waals surface area contributed by atoms with E-state index in [4.69, 9.17) is 4.74 Å². The van der Waals surface area contributed by atoms with Crippen molar-refractivity contribution in [2.45, 2.75) is 18.9 Å². The van der Waals surface area contributed by atoms with E-state index in [2.05, 4.69) is 10.2 Å². The predicted octanol–water partition coefficient (Wildman–Crippen LogP) is 0.340. The lowest BCUT2D eigenvalue weighted by molar-refractivity contribution is -0.128. The first kappa shape index (κ1) is 16.4. The molecule has 0 radical (unpaired) electrons. The van der Waals surface area contributed by atoms with Crippen LogP contribution in [-0.2, 0) is 20.7 Å². The molecule has 1 aromatic rings. The third-order valence-corrected chi connectivity index (χ3v) is 5.05. The van der Waals surface area contributed by atoms with Crippen molar-refractivity contribution < 1.29 is 14.3 Å². The molecule has 1 aromatic heterocycles. The van der Waals surface area contributed by atoms with Crippen molar-refractivity contribution in [1.82, 2.24) is 15.1 Å². The van der Waals surface area contributed by atoms with Crippen molar-refractivity contribution in [3.05, 3.63) is 22.4 Å². The van der Waals surface area contributed by atoms with Gasteiger partial charge in [-0.05, 0) is 22.4 Å². The smallest absolute Gasteiger partial charge is 0.224 e. The third-order valence-electron chi connectivity index (χ3n) is 4.31. The summed E-state index contributed by atoms with van der Waals surface area (Å²) in [5.74, 6) is 0.135. The van der Waals surface area contributed by atoms with E-state index in [1.165, 1.54) is 0 Å². The van der Waals surface area contributed by atoms with Crippen LogP contribution in [0.5, 0.6) is 0 Å². The molecule has 0 spiro atoms. The van der Waals surface area contributed by atoms with Crippen LogP contribution in [0.3, 0.4) is 0 Å². The van der Waals surface area contributed by atoms with Gasteiger partial charge in [-0.2, -0.15) is 11.3 Å². The van der Waals surface area contributed by atoms with Crippen molar-refractivity contribution in [2.75, 3.05) is 45.9 Å². The molecule has 7 heteroatoms. The molecule has 3 rings (SSSR count). The maximum Gasteiger partial charge on any atom is 0.224 e. The molecule has 1 unspecified atom stereocenters. The van der Waals surface area contributed by atoms with Gasteiger partial charge in [-0.3, -0.25) is 14.5 Å². The molecule has 2 amide bonds.